The molecule has 0 spiro atoms. The molecular weight excluding hydrogens is 258 g/mol. The topological polar surface area (TPSA) is 66.4 Å². The van der Waals surface area contributed by atoms with Crippen LogP contribution in [-0.4, -0.2) is 26.2 Å². The van der Waals surface area contributed by atoms with E-state index >= 15 is 0 Å². The predicted octanol–water partition coefficient (Wildman–Crippen LogP) is 1.80. The molecule has 98 valence electrons. The number of nitrogens with one attached hydrogen (secondary N) is 1. The van der Waals surface area contributed by atoms with Crippen molar-refractivity contribution >= 4 is 21.4 Å². The molecule has 17 heavy (non-hydrogen) atoms. The SMILES string of the molecule is Cc1cc(S(=O)(=O)NC(C)CCCO)sc1C. The summed E-state index contributed by atoms with van der Waals surface area (Å²) in [5.41, 5.74) is 0.999. The molecule has 1 heterocycles. The first-order valence-electron chi connectivity index (χ1n) is 5.57. The van der Waals surface area contributed by atoms with Gasteiger partial charge in [0.25, 0.3) is 0 Å². The number of thiophene rings is 1. The van der Waals surface area contributed by atoms with Gasteiger partial charge in [-0.3, -0.25) is 0 Å². The van der Waals surface area contributed by atoms with Gasteiger partial charge in [0, 0.05) is 17.5 Å². The van der Waals surface area contributed by atoms with E-state index in [1.165, 1.54) is 11.3 Å². The van der Waals surface area contributed by atoms with Crippen LogP contribution in [0.15, 0.2) is 10.3 Å². The molecule has 1 atom stereocenters. The molecule has 0 amide bonds. The van der Waals surface area contributed by atoms with Gasteiger partial charge in [-0.25, -0.2) is 13.1 Å². The number of hydrogen-bond acceptors (Lipinski definition) is 4. The Hall–Kier alpha value is -0.430. The van der Waals surface area contributed by atoms with Crippen molar-refractivity contribution in [1.82, 2.24) is 4.72 Å². The lowest BCUT2D eigenvalue weighted by Gasteiger charge is -2.12. The molecule has 2 N–H and O–H groups in total. The highest BCUT2D eigenvalue weighted by Crippen LogP contribution is 2.25. The zero-order chi connectivity index (χ0) is 13.1. The number of hydrogen-bond donors (Lipinski definition) is 2. The number of aliphatic hydroxyl groups is 1. The molecule has 0 bridgehead atoms. The van der Waals surface area contributed by atoms with E-state index in [0.29, 0.717) is 17.1 Å². The summed E-state index contributed by atoms with van der Waals surface area (Å²) in [5, 5.41) is 8.70. The van der Waals surface area contributed by atoms with Gasteiger partial charge >= 0.3 is 0 Å². The molecule has 0 aliphatic rings. The van der Waals surface area contributed by atoms with Gasteiger partial charge in [-0.15, -0.1) is 11.3 Å². The van der Waals surface area contributed by atoms with E-state index in [1.54, 1.807) is 13.0 Å². The molecule has 0 radical (unpaired) electrons. The van der Waals surface area contributed by atoms with Crippen LogP contribution in [-0.2, 0) is 10.0 Å². The van der Waals surface area contributed by atoms with Crippen LogP contribution in [0.5, 0.6) is 0 Å². The second-order valence-corrected chi connectivity index (χ2v) is 7.39. The van der Waals surface area contributed by atoms with Crippen LogP contribution in [0.25, 0.3) is 0 Å². The molecule has 1 aromatic heterocycles. The fourth-order valence-electron chi connectivity index (χ4n) is 1.45. The first kappa shape index (κ1) is 14.6. The molecule has 6 heteroatoms. The number of rotatable bonds is 6. The molecular formula is C11H19NO3S2. The Bertz CT molecular complexity index is 446. The second-order valence-electron chi connectivity index (χ2n) is 4.19. The molecule has 0 saturated carbocycles. The summed E-state index contributed by atoms with van der Waals surface area (Å²) in [6.45, 7) is 5.71. The van der Waals surface area contributed by atoms with Crippen LogP contribution < -0.4 is 4.72 Å². The Kier molecular flexibility index (Phi) is 5.12. The molecule has 0 aliphatic heterocycles. The maximum atomic E-state index is 12.0. The monoisotopic (exact) mass is 277 g/mol. The molecule has 0 aliphatic carbocycles. The summed E-state index contributed by atoms with van der Waals surface area (Å²) >= 11 is 1.29. The lowest BCUT2D eigenvalue weighted by atomic mass is 10.2. The lowest BCUT2D eigenvalue weighted by molar-refractivity contribution is 0.279. The number of sulfonamides is 1. The fourth-order valence-corrected chi connectivity index (χ4v) is 4.26. The third-order valence-electron chi connectivity index (χ3n) is 2.56. The second kappa shape index (κ2) is 5.95. The van der Waals surface area contributed by atoms with Gasteiger partial charge in [0.1, 0.15) is 4.21 Å². The Morgan fingerprint density at radius 1 is 1.47 bits per heavy atom. The minimum Gasteiger partial charge on any atom is -0.396 e. The van der Waals surface area contributed by atoms with E-state index in [1.807, 2.05) is 13.8 Å². The van der Waals surface area contributed by atoms with Gasteiger partial charge < -0.3 is 5.11 Å². The van der Waals surface area contributed by atoms with Crippen molar-refractivity contribution in [3.05, 3.63) is 16.5 Å². The predicted molar refractivity (Wildman–Crippen MR) is 69.9 cm³/mol. The van der Waals surface area contributed by atoms with E-state index < -0.39 is 10.0 Å². The van der Waals surface area contributed by atoms with E-state index in [-0.39, 0.29) is 12.6 Å². The maximum absolute atomic E-state index is 12.0. The number of aryl methyl sites for hydroxylation is 2. The van der Waals surface area contributed by atoms with Crippen molar-refractivity contribution in [1.29, 1.82) is 0 Å². The van der Waals surface area contributed by atoms with Crippen molar-refractivity contribution in [2.45, 2.75) is 43.9 Å². The molecule has 0 saturated heterocycles. The van der Waals surface area contributed by atoms with Crippen molar-refractivity contribution in [2.24, 2.45) is 0 Å². The molecule has 1 rings (SSSR count). The largest absolute Gasteiger partial charge is 0.396 e. The standard InChI is InChI=1S/C11H19NO3S2/c1-8-7-11(16-10(8)3)17(14,15)12-9(2)5-4-6-13/h7,9,12-13H,4-6H2,1-3H3. The van der Waals surface area contributed by atoms with E-state index in [0.717, 1.165) is 10.4 Å². The van der Waals surface area contributed by atoms with E-state index in [4.69, 9.17) is 5.11 Å². The van der Waals surface area contributed by atoms with Crippen molar-refractivity contribution in [2.75, 3.05) is 6.61 Å². The average molecular weight is 277 g/mol. The molecule has 4 nitrogen and oxygen atoms in total. The molecule has 0 fully saturated rings. The highest BCUT2D eigenvalue weighted by atomic mass is 32.2. The normalized spacial score (nSPS) is 13.9. The third-order valence-corrected chi connectivity index (χ3v) is 5.78. The van der Waals surface area contributed by atoms with Gasteiger partial charge in [0.2, 0.25) is 10.0 Å². The smallest absolute Gasteiger partial charge is 0.250 e. The van der Waals surface area contributed by atoms with Crippen LogP contribution in [0.4, 0.5) is 0 Å². The summed E-state index contributed by atoms with van der Waals surface area (Å²) in [4.78, 5) is 1.02. The van der Waals surface area contributed by atoms with E-state index in [9.17, 15) is 8.42 Å². The van der Waals surface area contributed by atoms with Crippen molar-refractivity contribution < 1.29 is 13.5 Å². The van der Waals surface area contributed by atoms with E-state index in [2.05, 4.69) is 4.72 Å². The number of aliphatic hydroxyl groups excluding tert-OH is 1. The van der Waals surface area contributed by atoms with Gasteiger partial charge in [0.15, 0.2) is 0 Å². The lowest BCUT2D eigenvalue weighted by Crippen LogP contribution is -2.32. The Morgan fingerprint density at radius 3 is 2.59 bits per heavy atom. The minimum atomic E-state index is -3.40. The third kappa shape index (κ3) is 4.06. The fraction of sp³-hybridized carbons (Fsp3) is 0.636. The first-order valence-corrected chi connectivity index (χ1v) is 7.87. The van der Waals surface area contributed by atoms with Crippen molar-refractivity contribution in [3.63, 3.8) is 0 Å². The Balaban J connectivity index is 2.75. The zero-order valence-electron chi connectivity index (χ0n) is 10.4. The highest BCUT2D eigenvalue weighted by molar-refractivity contribution is 7.91. The van der Waals surface area contributed by atoms with Gasteiger partial charge in [-0.1, -0.05) is 0 Å². The van der Waals surface area contributed by atoms with Gasteiger partial charge in [0.05, 0.1) is 0 Å². The van der Waals surface area contributed by atoms with Gasteiger partial charge in [-0.05, 0) is 45.2 Å². The summed E-state index contributed by atoms with van der Waals surface area (Å²) in [6.07, 6.45) is 1.24. The zero-order valence-corrected chi connectivity index (χ0v) is 12.0. The van der Waals surface area contributed by atoms with Crippen LogP contribution >= 0.6 is 11.3 Å². The quantitative estimate of drug-likeness (QED) is 0.833. The Labute approximate surface area is 107 Å². The summed E-state index contributed by atoms with van der Waals surface area (Å²) in [5.74, 6) is 0. The average Bonchev–Trinajstić information content (AvgIpc) is 2.56. The Morgan fingerprint density at radius 2 is 2.12 bits per heavy atom. The van der Waals surface area contributed by atoms with Crippen molar-refractivity contribution in [3.8, 4) is 0 Å². The van der Waals surface area contributed by atoms with Crippen LogP contribution in [0, 0.1) is 13.8 Å². The first-order chi connectivity index (χ1) is 7.86. The highest BCUT2D eigenvalue weighted by Gasteiger charge is 2.19. The van der Waals surface area contributed by atoms with Gasteiger partial charge in [-0.2, -0.15) is 0 Å². The summed E-state index contributed by atoms with van der Waals surface area (Å²) < 4.78 is 27.0. The maximum Gasteiger partial charge on any atom is 0.250 e. The molecule has 0 aromatic carbocycles. The minimum absolute atomic E-state index is 0.0866. The van der Waals surface area contributed by atoms with Crippen LogP contribution in [0.1, 0.15) is 30.2 Å². The van der Waals surface area contributed by atoms with Crippen LogP contribution in [0.2, 0.25) is 0 Å². The molecule has 1 unspecified atom stereocenters. The molecule has 1 aromatic rings. The summed E-state index contributed by atoms with van der Waals surface area (Å²) in [7, 11) is -3.40. The van der Waals surface area contributed by atoms with Crippen LogP contribution in [0.3, 0.4) is 0 Å². The summed E-state index contributed by atoms with van der Waals surface area (Å²) in [6, 6.07) is 1.54.